The molecule has 19 heavy (non-hydrogen) atoms. The summed E-state index contributed by atoms with van der Waals surface area (Å²) in [5.41, 5.74) is 3.74. The molecule has 1 saturated carbocycles. The summed E-state index contributed by atoms with van der Waals surface area (Å²) >= 11 is 0. The summed E-state index contributed by atoms with van der Waals surface area (Å²) in [4.78, 5) is 0. The Kier molecular flexibility index (Phi) is 5.10. The molecule has 1 aromatic carbocycles. The summed E-state index contributed by atoms with van der Waals surface area (Å²) in [7, 11) is 0. The van der Waals surface area contributed by atoms with Crippen molar-refractivity contribution in [2.45, 2.75) is 44.8 Å². The molecule has 3 nitrogen and oxygen atoms in total. The maximum atomic E-state index is 12.2. The average Bonchev–Trinajstić information content (AvgIpc) is 2.40. The van der Waals surface area contributed by atoms with E-state index in [1.165, 1.54) is 25.3 Å². The van der Waals surface area contributed by atoms with Crippen LogP contribution < -0.4 is 16.0 Å². The summed E-state index contributed by atoms with van der Waals surface area (Å²) in [5.74, 6) is 6.29. The van der Waals surface area contributed by atoms with Crippen molar-refractivity contribution < 1.29 is 13.5 Å². The largest absolute Gasteiger partial charge is 0.435 e. The van der Waals surface area contributed by atoms with Crippen LogP contribution in [0.15, 0.2) is 24.3 Å². The van der Waals surface area contributed by atoms with E-state index < -0.39 is 6.61 Å². The second-order valence-electron chi connectivity index (χ2n) is 4.99. The number of halogens is 2. The molecule has 1 aliphatic rings. The van der Waals surface area contributed by atoms with E-state index in [4.69, 9.17) is 5.84 Å². The number of alkyl halides is 2. The normalized spacial score (nSPS) is 18.5. The topological polar surface area (TPSA) is 47.3 Å². The molecular formula is C14H20F2N2O. The highest BCUT2D eigenvalue weighted by Gasteiger charge is 2.24. The first-order chi connectivity index (χ1) is 9.20. The van der Waals surface area contributed by atoms with Gasteiger partial charge in [0.05, 0.1) is 0 Å². The molecule has 0 spiro atoms. The minimum Gasteiger partial charge on any atom is -0.435 e. The van der Waals surface area contributed by atoms with Gasteiger partial charge in [-0.3, -0.25) is 11.3 Å². The van der Waals surface area contributed by atoms with E-state index >= 15 is 0 Å². The van der Waals surface area contributed by atoms with Gasteiger partial charge < -0.3 is 4.74 Å². The third kappa shape index (κ3) is 3.88. The van der Waals surface area contributed by atoms with Crippen LogP contribution in [0.25, 0.3) is 0 Å². The summed E-state index contributed by atoms with van der Waals surface area (Å²) in [6, 6.07) is 6.80. The van der Waals surface area contributed by atoms with Gasteiger partial charge in [-0.25, -0.2) is 0 Å². The molecule has 0 saturated heterocycles. The van der Waals surface area contributed by atoms with Crippen LogP contribution in [0, 0.1) is 5.92 Å². The lowest BCUT2D eigenvalue weighted by Gasteiger charge is -2.30. The van der Waals surface area contributed by atoms with E-state index in [1.54, 1.807) is 12.1 Å². The van der Waals surface area contributed by atoms with E-state index in [9.17, 15) is 8.78 Å². The Balaban J connectivity index is 2.12. The highest BCUT2D eigenvalue weighted by Crippen LogP contribution is 2.35. The summed E-state index contributed by atoms with van der Waals surface area (Å²) in [6.07, 6.45) is 5.91. The molecule has 5 heteroatoms. The number of benzene rings is 1. The van der Waals surface area contributed by atoms with Crippen LogP contribution in [0.3, 0.4) is 0 Å². The van der Waals surface area contributed by atoms with E-state index in [0.29, 0.717) is 5.92 Å². The van der Waals surface area contributed by atoms with Gasteiger partial charge in [-0.1, -0.05) is 31.4 Å². The predicted octanol–water partition coefficient (Wildman–Crippen LogP) is 3.37. The Morgan fingerprint density at radius 3 is 2.58 bits per heavy atom. The number of ether oxygens (including phenoxy) is 1. The third-order valence-corrected chi connectivity index (χ3v) is 3.74. The third-order valence-electron chi connectivity index (χ3n) is 3.74. The molecule has 3 N–H and O–H groups in total. The lowest BCUT2D eigenvalue weighted by molar-refractivity contribution is -0.0499. The van der Waals surface area contributed by atoms with Gasteiger partial charge in [0, 0.05) is 6.04 Å². The molecule has 106 valence electrons. The van der Waals surface area contributed by atoms with E-state index in [-0.39, 0.29) is 11.8 Å². The van der Waals surface area contributed by atoms with Crippen LogP contribution in [0.1, 0.15) is 43.7 Å². The molecule has 1 unspecified atom stereocenters. The van der Waals surface area contributed by atoms with Gasteiger partial charge >= 0.3 is 6.61 Å². The fourth-order valence-corrected chi connectivity index (χ4v) is 2.86. The maximum absolute atomic E-state index is 12.2. The number of nitrogens with one attached hydrogen (secondary N) is 1. The fraction of sp³-hybridized carbons (Fsp3) is 0.571. The lowest BCUT2D eigenvalue weighted by atomic mass is 9.81. The van der Waals surface area contributed by atoms with Crippen molar-refractivity contribution in [1.29, 1.82) is 0 Å². The fourth-order valence-electron chi connectivity index (χ4n) is 2.86. The Morgan fingerprint density at radius 1 is 1.21 bits per heavy atom. The van der Waals surface area contributed by atoms with Crippen LogP contribution >= 0.6 is 0 Å². The van der Waals surface area contributed by atoms with Crippen molar-refractivity contribution in [1.82, 2.24) is 5.43 Å². The first-order valence-corrected chi connectivity index (χ1v) is 6.71. The summed E-state index contributed by atoms with van der Waals surface area (Å²) in [6.45, 7) is -2.80. The molecule has 1 atom stereocenters. The minimum atomic E-state index is -2.80. The molecule has 1 fully saturated rings. The molecule has 0 amide bonds. The molecule has 2 rings (SSSR count). The molecule has 1 aliphatic carbocycles. The van der Waals surface area contributed by atoms with Gasteiger partial charge in [0.2, 0.25) is 0 Å². The van der Waals surface area contributed by atoms with Crippen LogP contribution in [0.5, 0.6) is 5.75 Å². The Hall–Kier alpha value is -1.20. The van der Waals surface area contributed by atoms with Crippen molar-refractivity contribution in [2.24, 2.45) is 11.8 Å². The highest BCUT2D eigenvalue weighted by molar-refractivity contribution is 5.31. The van der Waals surface area contributed by atoms with Crippen molar-refractivity contribution in [2.75, 3.05) is 0 Å². The van der Waals surface area contributed by atoms with E-state index in [0.717, 1.165) is 18.4 Å². The zero-order chi connectivity index (χ0) is 13.7. The van der Waals surface area contributed by atoms with Crippen molar-refractivity contribution in [3.63, 3.8) is 0 Å². The van der Waals surface area contributed by atoms with Gasteiger partial charge in [-0.2, -0.15) is 8.78 Å². The molecule has 0 bridgehead atoms. The molecule has 0 radical (unpaired) electrons. The number of rotatable bonds is 5. The van der Waals surface area contributed by atoms with Crippen molar-refractivity contribution in [3.8, 4) is 5.75 Å². The number of hydrogen-bond acceptors (Lipinski definition) is 3. The zero-order valence-electron chi connectivity index (χ0n) is 10.8. The monoisotopic (exact) mass is 270 g/mol. The highest BCUT2D eigenvalue weighted by atomic mass is 19.3. The maximum Gasteiger partial charge on any atom is 0.387 e. The van der Waals surface area contributed by atoms with Crippen molar-refractivity contribution >= 4 is 0 Å². The quantitative estimate of drug-likeness (QED) is 0.637. The van der Waals surface area contributed by atoms with E-state index in [1.807, 2.05) is 6.07 Å². The van der Waals surface area contributed by atoms with Crippen LogP contribution in [-0.4, -0.2) is 6.61 Å². The van der Waals surface area contributed by atoms with Crippen molar-refractivity contribution in [3.05, 3.63) is 29.8 Å². The number of hydrogen-bond donors (Lipinski definition) is 2. The first kappa shape index (κ1) is 14.2. The van der Waals surface area contributed by atoms with Crippen LogP contribution in [0.4, 0.5) is 8.78 Å². The minimum absolute atomic E-state index is 0.00141. The second-order valence-corrected chi connectivity index (χ2v) is 4.99. The number of nitrogens with two attached hydrogens (primary N) is 1. The van der Waals surface area contributed by atoms with Gasteiger partial charge in [0.1, 0.15) is 5.75 Å². The van der Waals surface area contributed by atoms with Gasteiger partial charge in [-0.15, -0.1) is 0 Å². The Labute approximate surface area is 112 Å². The molecule has 0 heterocycles. The summed E-state index contributed by atoms with van der Waals surface area (Å²) in [5, 5.41) is 0. The van der Waals surface area contributed by atoms with Crippen LogP contribution in [0.2, 0.25) is 0 Å². The molecule has 1 aromatic rings. The Morgan fingerprint density at radius 2 is 1.95 bits per heavy atom. The Bertz CT molecular complexity index is 395. The standard InChI is InChI=1S/C14H20F2N2O/c15-14(16)19-12-8-4-7-11(9-12)13(18-17)10-5-2-1-3-6-10/h4,7-10,13-14,18H,1-3,5-6,17H2. The zero-order valence-corrected chi connectivity index (χ0v) is 10.8. The molecule has 0 aliphatic heterocycles. The smallest absolute Gasteiger partial charge is 0.387 e. The lowest BCUT2D eigenvalue weighted by Crippen LogP contribution is -2.34. The van der Waals surface area contributed by atoms with Gasteiger partial charge in [-0.05, 0) is 36.5 Å². The van der Waals surface area contributed by atoms with Gasteiger partial charge in [0.15, 0.2) is 0 Å². The molecular weight excluding hydrogens is 250 g/mol. The van der Waals surface area contributed by atoms with Gasteiger partial charge in [0.25, 0.3) is 0 Å². The predicted molar refractivity (Wildman–Crippen MR) is 69.7 cm³/mol. The van der Waals surface area contributed by atoms with Crippen LogP contribution in [-0.2, 0) is 0 Å². The number of hydrazine groups is 1. The average molecular weight is 270 g/mol. The molecule has 0 aromatic heterocycles. The summed E-state index contributed by atoms with van der Waals surface area (Å²) < 4.78 is 28.9. The second kappa shape index (κ2) is 6.82. The SMILES string of the molecule is NNC(c1cccc(OC(F)F)c1)C1CCCCC1. The van der Waals surface area contributed by atoms with E-state index in [2.05, 4.69) is 10.2 Å². The first-order valence-electron chi connectivity index (χ1n) is 6.71.